The van der Waals surface area contributed by atoms with Gasteiger partial charge in [-0.15, -0.1) is 0 Å². The number of aliphatic carboxylic acids is 1. The fraction of sp³-hybridized carbons (Fsp3) is 0.381. The van der Waals surface area contributed by atoms with Crippen LogP contribution in [0.25, 0.3) is 5.65 Å². The van der Waals surface area contributed by atoms with E-state index in [9.17, 15) is 17.6 Å². The van der Waals surface area contributed by atoms with Crippen molar-refractivity contribution in [1.29, 1.82) is 0 Å². The van der Waals surface area contributed by atoms with E-state index in [0.717, 1.165) is 48.5 Å². The second-order valence-corrected chi connectivity index (χ2v) is 8.26. The molecule has 0 spiro atoms. The van der Waals surface area contributed by atoms with Gasteiger partial charge in [-0.25, -0.2) is 14.2 Å². The largest absolute Gasteiger partial charge is 0.490 e. The molecule has 1 saturated carbocycles. The topological polar surface area (TPSA) is 118 Å². The Labute approximate surface area is 197 Å². The number of rotatable bonds is 4. The Balaban J connectivity index is 0.000000406. The third kappa shape index (κ3) is 6.26. The van der Waals surface area contributed by atoms with Gasteiger partial charge in [0.25, 0.3) is 0 Å². The molecule has 0 bridgehead atoms. The van der Waals surface area contributed by atoms with Crippen LogP contribution < -0.4 is 16.4 Å². The molecule has 4 rings (SSSR count). The lowest BCUT2D eigenvalue weighted by molar-refractivity contribution is -0.192. The molecule has 1 fully saturated rings. The van der Waals surface area contributed by atoms with Crippen LogP contribution in [0.15, 0.2) is 30.5 Å². The van der Waals surface area contributed by atoms with E-state index in [2.05, 4.69) is 15.7 Å². The standard InChI is InChI=1S/C19H22ClFN6.C2HF3O2/c1-11-18(24-13-4-2-12(22)3-5-13)26-17-8-9-23-27(17)19(11)25-14-6-7-16(21)15(20)10-14;3-2(4,5)1(6)7/h6-10,12-13,25H,2-5,22H2,1H3,(H,24,26);(H,6,7). The quantitative estimate of drug-likeness (QED) is 0.375. The molecule has 1 aliphatic rings. The molecule has 0 amide bonds. The third-order valence-corrected chi connectivity index (χ3v) is 5.60. The number of hydrogen-bond acceptors (Lipinski definition) is 6. The molecule has 3 aromatic rings. The minimum absolute atomic E-state index is 0.0697. The number of nitrogens with two attached hydrogens (primary N) is 1. The summed E-state index contributed by atoms with van der Waals surface area (Å²) in [5.74, 6) is -1.62. The van der Waals surface area contributed by atoms with Crippen molar-refractivity contribution in [3.63, 3.8) is 0 Å². The molecule has 2 heterocycles. The fourth-order valence-corrected chi connectivity index (χ4v) is 3.66. The SMILES string of the molecule is Cc1c(NC2CCC(N)CC2)nc2ccnn2c1Nc1ccc(F)c(Cl)c1.O=C(O)C(F)(F)F. The number of alkyl halides is 3. The summed E-state index contributed by atoms with van der Waals surface area (Å²) in [4.78, 5) is 13.6. The van der Waals surface area contributed by atoms with E-state index < -0.39 is 18.0 Å². The Bertz CT molecular complexity index is 1160. The Kier molecular flexibility index (Phi) is 7.82. The van der Waals surface area contributed by atoms with Gasteiger partial charge in [0.05, 0.1) is 11.2 Å². The van der Waals surface area contributed by atoms with Crippen molar-refractivity contribution in [2.45, 2.75) is 50.9 Å². The highest BCUT2D eigenvalue weighted by Crippen LogP contribution is 2.30. The van der Waals surface area contributed by atoms with Gasteiger partial charge >= 0.3 is 12.1 Å². The van der Waals surface area contributed by atoms with Crippen LogP contribution >= 0.6 is 11.6 Å². The maximum atomic E-state index is 13.5. The molecule has 0 radical (unpaired) electrons. The van der Waals surface area contributed by atoms with Gasteiger partial charge in [-0.3, -0.25) is 0 Å². The summed E-state index contributed by atoms with van der Waals surface area (Å²) < 4.78 is 46.9. The van der Waals surface area contributed by atoms with Gasteiger partial charge in [-0.05, 0) is 50.8 Å². The molecule has 34 heavy (non-hydrogen) atoms. The van der Waals surface area contributed by atoms with Gasteiger partial charge in [0.2, 0.25) is 0 Å². The van der Waals surface area contributed by atoms with Crippen molar-refractivity contribution in [2.24, 2.45) is 5.73 Å². The van der Waals surface area contributed by atoms with Crippen LogP contribution in [0.3, 0.4) is 0 Å². The zero-order valence-electron chi connectivity index (χ0n) is 18.0. The number of anilines is 3. The molecule has 5 N–H and O–H groups in total. The lowest BCUT2D eigenvalue weighted by atomic mass is 9.92. The highest BCUT2D eigenvalue weighted by atomic mass is 35.5. The van der Waals surface area contributed by atoms with Crippen molar-refractivity contribution >= 4 is 40.5 Å². The van der Waals surface area contributed by atoms with Gasteiger partial charge < -0.3 is 21.5 Å². The molecular weight excluding hydrogens is 480 g/mol. The Hall–Kier alpha value is -3.12. The molecule has 0 aliphatic heterocycles. The van der Waals surface area contributed by atoms with Crippen LogP contribution in [0.1, 0.15) is 31.2 Å². The van der Waals surface area contributed by atoms with Gasteiger partial charge in [-0.1, -0.05) is 11.6 Å². The Morgan fingerprint density at radius 2 is 1.88 bits per heavy atom. The minimum atomic E-state index is -5.08. The van der Waals surface area contributed by atoms with Gasteiger partial charge in [0.15, 0.2) is 5.65 Å². The fourth-order valence-electron chi connectivity index (χ4n) is 3.48. The average Bonchev–Trinajstić information content (AvgIpc) is 3.23. The predicted octanol–water partition coefficient (Wildman–Crippen LogP) is 4.89. The van der Waals surface area contributed by atoms with Crippen LogP contribution in [-0.2, 0) is 4.79 Å². The number of nitrogens with zero attached hydrogens (tertiary/aromatic N) is 3. The van der Waals surface area contributed by atoms with Crippen molar-refractivity contribution < 1.29 is 27.5 Å². The Morgan fingerprint density at radius 3 is 2.47 bits per heavy atom. The van der Waals surface area contributed by atoms with Crippen molar-refractivity contribution in [3.8, 4) is 0 Å². The van der Waals surface area contributed by atoms with Crippen molar-refractivity contribution in [1.82, 2.24) is 14.6 Å². The highest BCUT2D eigenvalue weighted by Gasteiger charge is 2.38. The van der Waals surface area contributed by atoms with E-state index in [-0.39, 0.29) is 5.02 Å². The van der Waals surface area contributed by atoms with E-state index in [1.807, 2.05) is 13.0 Å². The number of nitrogens with one attached hydrogen (secondary N) is 2. The van der Waals surface area contributed by atoms with E-state index in [4.69, 9.17) is 32.2 Å². The number of fused-ring (bicyclic) bond motifs is 1. The van der Waals surface area contributed by atoms with E-state index in [1.54, 1.807) is 22.8 Å². The molecular formula is C21H23ClF4N6O2. The van der Waals surface area contributed by atoms with Crippen LogP contribution in [0.2, 0.25) is 5.02 Å². The highest BCUT2D eigenvalue weighted by molar-refractivity contribution is 6.31. The van der Waals surface area contributed by atoms with Gasteiger partial charge in [0.1, 0.15) is 17.5 Å². The zero-order valence-corrected chi connectivity index (χ0v) is 18.8. The maximum absolute atomic E-state index is 13.5. The number of aromatic nitrogens is 3. The summed E-state index contributed by atoms with van der Waals surface area (Å²) in [5.41, 5.74) is 8.35. The summed E-state index contributed by atoms with van der Waals surface area (Å²) in [6.45, 7) is 1.98. The van der Waals surface area contributed by atoms with E-state index in [0.29, 0.717) is 17.8 Å². The lowest BCUT2D eigenvalue weighted by Crippen LogP contribution is -2.33. The summed E-state index contributed by atoms with van der Waals surface area (Å²) in [5, 5.41) is 18.4. The first kappa shape index (κ1) is 25.5. The predicted molar refractivity (Wildman–Crippen MR) is 120 cm³/mol. The van der Waals surface area contributed by atoms with Crippen LogP contribution in [0, 0.1) is 12.7 Å². The summed E-state index contributed by atoms with van der Waals surface area (Å²) in [6, 6.07) is 7.05. The Morgan fingerprint density at radius 1 is 1.24 bits per heavy atom. The number of halogens is 5. The van der Waals surface area contributed by atoms with Crippen LogP contribution in [0.5, 0.6) is 0 Å². The number of carboxylic acid groups (broad SMARTS) is 1. The third-order valence-electron chi connectivity index (χ3n) is 5.31. The van der Waals surface area contributed by atoms with Crippen LogP contribution in [0.4, 0.5) is 34.9 Å². The summed E-state index contributed by atoms with van der Waals surface area (Å²) in [6.07, 6.45) is 0.718. The molecule has 0 atom stereocenters. The number of carboxylic acids is 1. The normalized spacial score (nSPS) is 18.2. The monoisotopic (exact) mass is 502 g/mol. The number of carbonyl (C=O) groups is 1. The van der Waals surface area contributed by atoms with Gasteiger partial charge in [-0.2, -0.15) is 22.8 Å². The molecule has 1 aromatic carbocycles. The molecule has 0 saturated heterocycles. The summed E-state index contributed by atoms with van der Waals surface area (Å²) >= 11 is 5.92. The first-order chi connectivity index (χ1) is 16.0. The second-order valence-electron chi connectivity index (χ2n) is 7.85. The number of hydrogen-bond donors (Lipinski definition) is 4. The van der Waals surface area contributed by atoms with E-state index >= 15 is 0 Å². The second kappa shape index (κ2) is 10.4. The number of benzene rings is 1. The minimum Gasteiger partial charge on any atom is -0.475 e. The molecule has 8 nitrogen and oxygen atoms in total. The first-order valence-electron chi connectivity index (χ1n) is 10.3. The molecule has 184 valence electrons. The van der Waals surface area contributed by atoms with Gasteiger partial charge in [0, 0.05) is 29.4 Å². The summed E-state index contributed by atoms with van der Waals surface area (Å²) in [7, 11) is 0. The zero-order chi connectivity index (χ0) is 25.0. The van der Waals surface area contributed by atoms with Crippen molar-refractivity contribution in [3.05, 3.63) is 46.9 Å². The lowest BCUT2D eigenvalue weighted by Gasteiger charge is -2.28. The average molecular weight is 503 g/mol. The maximum Gasteiger partial charge on any atom is 0.490 e. The molecule has 0 unspecified atom stereocenters. The first-order valence-corrected chi connectivity index (χ1v) is 10.7. The van der Waals surface area contributed by atoms with E-state index in [1.165, 1.54) is 6.07 Å². The molecule has 2 aromatic heterocycles. The molecule has 13 heteroatoms. The van der Waals surface area contributed by atoms with Crippen LogP contribution in [-0.4, -0.2) is 43.9 Å². The van der Waals surface area contributed by atoms with Crippen molar-refractivity contribution in [2.75, 3.05) is 10.6 Å². The molecule has 1 aliphatic carbocycles. The smallest absolute Gasteiger partial charge is 0.475 e.